The maximum Gasteiger partial charge on any atom is 0.255 e. The molecule has 0 saturated carbocycles. The molecule has 0 radical (unpaired) electrons. The summed E-state index contributed by atoms with van der Waals surface area (Å²) in [7, 11) is 0. The Hall–Kier alpha value is -1.84. The van der Waals surface area contributed by atoms with Gasteiger partial charge in [-0.25, -0.2) is 0 Å². The average molecular weight is 261 g/mol. The predicted molar refractivity (Wildman–Crippen MR) is 73.7 cm³/mol. The van der Waals surface area contributed by atoms with E-state index < -0.39 is 0 Å². The number of hydrogen-bond donors (Lipinski definition) is 2. The third kappa shape index (κ3) is 2.88. The molecule has 0 aliphatic rings. The van der Waals surface area contributed by atoms with Gasteiger partial charge in [-0.3, -0.25) is 4.79 Å². The van der Waals surface area contributed by atoms with Crippen LogP contribution in [0.15, 0.2) is 48.5 Å². The molecule has 0 fully saturated rings. The summed E-state index contributed by atoms with van der Waals surface area (Å²) in [5, 5.41) is 3.44. The summed E-state index contributed by atoms with van der Waals surface area (Å²) in [6.45, 7) is 0.386. The highest BCUT2D eigenvalue weighted by atomic mass is 35.5. The second kappa shape index (κ2) is 5.67. The molecule has 0 aromatic heterocycles. The number of benzene rings is 2. The maximum atomic E-state index is 12.0. The van der Waals surface area contributed by atoms with E-state index in [0.717, 1.165) is 11.3 Å². The maximum absolute atomic E-state index is 12.0. The van der Waals surface area contributed by atoms with Crippen LogP contribution >= 0.6 is 11.6 Å². The van der Waals surface area contributed by atoms with Crippen molar-refractivity contribution < 1.29 is 4.79 Å². The van der Waals surface area contributed by atoms with E-state index in [2.05, 4.69) is 5.32 Å². The monoisotopic (exact) mass is 260 g/mol. The van der Waals surface area contributed by atoms with Crippen molar-refractivity contribution in [3.63, 3.8) is 0 Å². The Kier molecular flexibility index (Phi) is 3.97. The molecule has 3 N–H and O–H groups in total. The van der Waals surface area contributed by atoms with E-state index in [-0.39, 0.29) is 5.91 Å². The van der Waals surface area contributed by atoms with Crippen LogP contribution < -0.4 is 11.1 Å². The van der Waals surface area contributed by atoms with E-state index in [1.165, 1.54) is 0 Å². The normalized spacial score (nSPS) is 10.1. The fourth-order valence-electron chi connectivity index (χ4n) is 1.62. The minimum atomic E-state index is -0.174. The molecule has 1 amide bonds. The predicted octanol–water partition coefficient (Wildman–Crippen LogP) is 3.05. The van der Waals surface area contributed by atoms with Gasteiger partial charge in [0.25, 0.3) is 5.91 Å². The average Bonchev–Trinajstić information content (AvgIpc) is 2.40. The van der Waals surface area contributed by atoms with Gasteiger partial charge in [0.15, 0.2) is 0 Å². The SMILES string of the molecule is NCc1ccccc1NC(=O)c1ccc(Cl)cc1. The lowest BCUT2D eigenvalue weighted by Gasteiger charge is -2.09. The smallest absolute Gasteiger partial charge is 0.255 e. The number of carbonyl (C=O) groups is 1. The first kappa shape index (κ1) is 12.6. The number of hydrogen-bond acceptors (Lipinski definition) is 2. The van der Waals surface area contributed by atoms with E-state index in [9.17, 15) is 4.79 Å². The highest BCUT2D eigenvalue weighted by molar-refractivity contribution is 6.30. The lowest BCUT2D eigenvalue weighted by molar-refractivity contribution is 0.102. The van der Waals surface area contributed by atoms with Gasteiger partial charge in [0.05, 0.1) is 0 Å². The van der Waals surface area contributed by atoms with E-state index in [4.69, 9.17) is 17.3 Å². The second-order valence-corrected chi connectivity index (χ2v) is 4.26. The summed E-state index contributed by atoms with van der Waals surface area (Å²) in [4.78, 5) is 12.0. The Morgan fingerprint density at radius 3 is 2.44 bits per heavy atom. The van der Waals surface area contributed by atoms with Crippen LogP contribution in [0.4, 0.5) is 5.69 Å². The number of para-hydroxylation sites is 1. The summed E-state index contributed by atoms with van der Waals surface area (Å²) < 4.78 is 0. The van der Waals surface area contributed by atoms with Crippen molar-refractivity contribution >= 4 is 23.2 Å². The minimum absolute atomic E-state index is 0.174. The molecule has 18 heavy (non-hydrogen) atoms. The Morgan fingerprint density at radius 1 is 1.11 bits per heavy atom. The Balaban J connectivity index is 2.18. The van der Waals surface area contributed by atoms with Crippen LogP contribution in [0, 0.1) is 0 Å². The van der Waals surface area contributed by atoms with Crippen LogP contribution in [0.25, 0.3) is 0 Å². The van der Waals surface area contributed by atoms with Gasteiger partial charge in [-0.05, 0) is 35.9 Å². The fraction of sp³-hybridized carbons (Fsp3) is 0.0714. The van der Waals surface area contributed by atoms with Crippen LogP contribution in [0.2, 0.25) is 5.02 Å². The number of rotatable bonds is 3. The molecule has 0 spiro atoms. The molecule has 2 aromatic carbocycles. The summed E-state index contributed by atoms with van der Waals surface area (Å²) in [6.07, 6.45) is 0. The van der Waals surface area contributed by atoms with Crippen LogP contribution in [-0.4, -0.2) is 5.91 Å². The largest absolute Gasteiger partial charge is 0.326 e. The summed E-state index contributed by atoms with van der Waals surface area (Å²) in [5.74, 6) is -0.174. The van der Waals surface area contributed by atoms with Gasteiger partial charge in [0.2, 0.25) is 0 Å². The molecule has 2 aromatic rings. The van der Waals surface area contributed by atoms with Crippen molar-refractivity contribution in [2.75, 3.05) is 5.32 Å². The molecule has 3 nitrogen and oxygen atoms in total. The zero-order chi connectivity index (χ0) is 13.0. The van der Waals surface area contributed by atoms with Gasteiger partial charge in [0.1, 0.15) is 0 Å². The first-order valence-corrected chi connectivity index (χ1v) is 5.93. The van der Waals surface area contributed by atoms with Crippen molar-refractivity contribution in [2.24, 2.45) is 5.73 Å². The molecule has 92 valence electrons. The molecule has 0 atom stereocenters. The summed E-state index contributed by atoms with van der Waals surface area (Å²) in [6, 6.07) is 14.2. The molecule has 0 bridgehead atoms. The second-order valence-electron chi connectivity index (χ2n) is 3.82. The molecule has 0 saturated heterocycles. The third-order valence-corrected chi connectivity index (χ3v) is 2.84. The fourth-order valence-corrected chi connectivity index (χ4v) is 1.74. The number of carbonyl (C=O) groups excluding carboxylic acids is 1. The van der Waals surface area contributed by atoms with Crippen molar-refractivity contribution in [3.05, 3.63) is 64.7 Å². The highest BCUT2D eigenvalue weighted by Gasteiger charge is 2.07. The van der Waals surface area contributed by atoms with Crippen LogP contribution in [0.5, 0.6) is 0 Å². The molecule has 0 aliphatic heterocycles. The zero-order valence-corrected chi connectivity index (χ0v) is 10.4. The molecule has 0 aliphatic carbocycles. The van der Waals surface area contributed by atoms with Crippen molar-refractivity contribution in [3.8, 4) is 0 Å². The number of amides is 1. The topological polar surface area (TPSA) is 55.1 Å². The van der Waals surface area contributed by atoms with E-state index in [1.54, 1.807) is 24.3 Å². The highest BCUT2D eigenvalue weighted by Crippen LogP contribution is 2.16. The molecular weight excluding hydrogens is 248 g/mol. The van der Waals surface area contributed by atoms with Gasteiger partial charge >= 0.3 is 0 Å². The number of anilines is 1. The molecule has 4 heteroatoms. The van der Waals surface area contributed by atoms with Gasteiger partial charge in [-0.15, -0.1) is 0 Å². The molecule has 2 rings (SSSR count). The molecule has 0 heterocycles. The van der Waals surface area contributed by atoms with Gasteiger partial charge < -0.3 is 11.1 Å². The molecule has 0 unspecified atom stereocenters. The number of nitrogens with one attached hydrogen (secondary N) is 1. The Morgan fingerprint density at radius 2 is 1.78 bits per heavy atom. The van der Waals surface area contributed by atoms with E-state index in [0.29, 0.717) is 17.1 Å². The standard InChI is InChI=1S/C14H13ClN2O/c15-12-7-5-10(6-8-12)14(18)17-13-4-2-1-3-11(13)9-16/h1-8H,9,16H2,(H,17,18). The van der Waals surface area contributed by atoms with Gasteiger partial charge in [0, 0.05) is 22.8 Å². The first-order chi connectivity index (χ1) is 8.70. The van der Waals surface area contributed by atoms with Crippen molar-refractivity contribution in [1.29, 1.82) is 0 Å². The van der Waals surface area contributed by atoms with Crippen LogP contribution in [-0.2, 0) is 6.54 Å². The lowest BCUT2D eigenvalue weighted by Crippen LogP contribution is -2.14. The van der Waals surface area contributed by atoms with Crippen LogP contribution in [0.3, 0.4) is 0 Å². The Bertz CT molecular complexity index is 552. The summed E-state index contributed by atoms with van der Waals surface area (Å²) >= 11 is 5.78. The lowest BCUT2D eigenvalue weighted by atomic mass is 10.1. The zero-order valence-electron chi connectivity index (χ0n) is 9.69. The minimum Gasteiger partial charge on any atom is -0.326 e. The first-order valence-electron chi connectivity index (χ1n) is 5.55. The molecular formula is C14H13ClN2O. The van der Waals surface area contributed by atoms with E-state index >= 15 is 0 Å². The van der Waals surface area contributed by atoms with Gasteiger partial charge in [-0.2, -0.15) is 0 Å². The number of nitrogens with two attached hydrogens (primary N) is 1. The summed E-state index contributed by atoms with van der Waals surface area (Å²) in [5.41, 5.74) is 7.82. The van der Waals surface area contributed by atoms with Crippen LogP contribution in [0.1, 0.15) is 15.9 Å². The Labute approximate surface area is 111 Å². The van der Waals surface area contributed by atoms with Crippen molar-refractivity contribution in [1.82, 2.24) is 0 Å². The number of halogens is 1. The van der Waals surface area contributed by atoms with E-state index in [1.807, 2.05) is 24.3 Å². The van der Waals surface area contributed by atoms with Crippen molar-refractivity contribution in [2.45, 2.75) is 6.54 Å². The third-order valence-electron chi connectivity index (χ3n) is 2.59. The van der Waals surface area contributed by atoms with Gasteiger partial charge in [-0.1, -0.05) is 29.8 Å². The quantitative estimate of drug-likeness (QED) is 0.891.